The summed E-state index contributed by atoms with van der Waals surface area (Å²) in [4.78, 5) is 13.9. The molecule has 0 aromatic carbocycles. The molecule has 0 atom stereocenters. The van der Waals surface area contributed by atoms with Gasteiger partial charge < -0.3 is 10.0 Å². The molecule has 0 fully saturated rings. The second-order valence-corrected chi connectivity index (χ2v) is 4.55. The van der Waals surface area contributed by atoms with Crippen molar-refractivity contribution in [3.8, 4) is 0 Å². The fraction of sp³-hybridized carbons (Fsp3) is 0.692. The Kier molecular flexibility index (Phi) is 5.85. The Hall–Kier alpha value is -1.36. The van der Waals surface area contributed by atoms with Crippen molar-refractivity contribution < 1.29 is 9.90 Å². The number of aryl methyl sites for hydroxylation is 2. The number of aromatic nitrogens is 2. The summed E-state index contributed by atoms with van der Waals surface area (Å²) in [5.74, 6) is 0.0603. The lowest BCUT2D eigenvalue weighted by atomic mass is 10.1. The molecule has 1 amide bonds. The summed E-state index contributed by atoms with van der Waals surface area (Å²) in [6.07, 6.45) is 2.37. The molecule has 2 N–H and O–H groups in total. The number of carbonyl (C=O) groups excluding carboxylic acids is 1. The lowest BCUT2D eigenvalue weighted by Gasteiger charge is -2.21. The highest BCUT2D eigenvalue weighted by atomic mass is 16.3. The van der Waals surface area contributed by atoms with Gasteiger partial charge in [0, 0.05) is 24.3 Å². The van der Waals surface area contributed by atoms with E-state index in [0.717, 1.165) is 29.8 Å². The molecule has 102 valence electrons. The van der Waals surface area contributed by atoms with Crippen LogP contribution in [0, 0.1) is 13.8 Å². The maximum Gasteiger partial charge on any atom is 0.227 e. The Labute approximate surface area is 108 Å². The van der Waals surface area contributed by atoms with Gasteiger partial charge >= 0.3 is 0 Å². The van der Waals surface area contributed by atoms with Gasteiger partial charge in [-0.05, 0) is 20.3 Å². The van der Waals surface area contributed by atoms with E-state index in [1.807, 2.05) is 13.8 Å². The standard InChI is InChI=1S/C13H23N3O2/c1-4-5-6-16(7-8-17)13(18)9-12-10(2)14-15-11(12)3/h17H,4-9H2,1-3H3,(H,14,15). The van der Waals surface area contributed by atoms with Gasteiger partial charge in [0.05, 0.1) is 18.7 Å². The zero-order valence-electron chi connectivity index (χ0n) is 11.5. The van der Waals surface area contributed by atoms with Crippen molar-refractivity contribution in [2.24, 2.45) is 0 Å². The molecule has 0 radical (unpaired) electrons. The number of rotatable bonds is 7. The molecule has 0 unspecified atom stereocenters. The summed E-state index contributed by atoms with van der Waals surface area (Å²) in [5, 5.41) is 16.0. The topological polar surface area (TPSA) is 69.2 Å². The number of aliphatic hydroxyl groups is 1. The third-order valence-corrected chi connectivity index (χ3v) is 3.11. The second kappa shape index (κ2) is 7.16. The number of unbranched alkanes of at least 4 members (excludes halogenated alkanes) is 1. The average molecular weight is 253 g/mol. The lowest BCUT2D eigenvalue weighted by Crippen LogP contribution is -2.35. The van der Waals surface area contributed by atoms with Gasteiger partial charge in [-0.25, -0.2) is 0 Å². The van der Waals surface area contributed by atoms with E-state index in [9.17, 15) is 4.79 Å². The van der Waals surface area contributed by atoms with E-state index < -0.39 is 0 Å². The lowest BCUT2D eigenvalue weighted by molar-refractivity contribution is -0.131. The summed E-state index contributed by atoms with van der Waals surface area (Å²) in [6.45, 7) is 7.05. The molecule has 1 aromatic rings. The van der Waals surface area contributed by atoms with Gasteiger partial charge in [0.1, 0.15) is 0 Å². The minimum atomic E-state index is 0.0127. The van der Waals surface area contributed by atoms with E-state index in [-0.39, 0.29) is 12.5 Å². The van der Waals surface area contributed by atoms with Crippen molar-refractivity contribution >= 4 is 5.91 Å². The zero-order valence-corrected chi connectivity index (χ0v) is 11.5. The van der Waals surface area contributed by atoms with E-state index in [0.29, 0.717) is 19.5 Å². The molecular weight excluding hydrogens is 230 g/mol. The smallest absolute Gasteiger partial charge is 0.227 e. The van der Waals surface area contributed by atoms with Gasteiger partial charge in [-0.1, -0.05) is 13.3 Å². The van der Waals surface area contributed by atoms with E-state index in [1.165, 1.54) is 0 Å². The van der Waals surface area contributed by atoms with E-state index >= 15 is 0 Å². The van der Waals surface area contributed by atoms with Gasteiger partial charge in [0.25, 0.3) is 0 Å². The number of hydrogen-bond donors (Lipinski definition) is 2. The van der Waals surface area contributed by atoms with Crippen LogP contribution in [0.4, 0.5) is 0 Å². The number of H-pyrrole nitrogens is 1. The summed E-state index contributed by atoms with van der Waals surface area (Å²) in [5.41, 5.74) is 2.79. The Balaban J connectivity index is 2.66. The molecular formula is C13H23N3O2. The maximum atomic E-state index is 12.2. The van der Waals surface area contributed by atoms with Crippen LogP contribution >= 0.6 is 0 Å². The Bertz CT molecular complexity index is 368. The highest BCUT2D eigenvalue weighted by molar-refractivity contribution is 5.79. The van der Waals surface area contributed by atoms with Gasteiger partial charge in [-0.3, -0.25) is 9.89 Å². The minimum absolute atomic E-state index is 0.0127. The molecule has 0 aliphatic carbocycles. The average Bonchev–Trinajstić information content (AvgIpc) is 2.66. The van der Waals surface area contributed by atoms with Crippen molar-refractivity contribution in [3.05, 3.63) is 17.0 Å². The minimum Gasteiger partial charge on any atom is -0.395 e. The second-order valence-electron chi connectivity index (χ2n) is 4.55. The molecule has 0 saturated heterocycles. The molecule has 0 bridgehead atoms. The first-order chi connectivity index (χ1) is 8.60. The van der Waals surface area contributed by atoms with Gasteiger partial charge in [0.2, 0.25) is 5.91 Å². The van der Waals surface area contributed by atoms with Crippen LogP contribution in [0.25, 0.3) is 0 Å². The highest BCUT2D eigenvalue weighted by Crippen LogP contribution is 2.11. The van der Waals surface area contributed by atoms with Crippen LogP contribution < -0.4 is 0 Å². The van der Waals surface area contributed by atoms with Crippen LogP contribution in [-0.2, 0) is 11.2 Å². The summed E-state index contributed by atoms with van der Waals surface area (Å²) in [7, 11) is 0. The molecule has 1 aromatic heterocycles. The third kappa shape index (κ3) is 3.84. The van der Waals surface area contributed by atoms with Crippen LogP contribution in [0.2, 0.25) is 0 Å². The predicted molar refractivity (Wildman–Crippen MR) is 70.3 cm³/mol. The molecule has 0 spiro atoms. The van der Waals surface area contributed by atoms with Gasteiger partial charge in [0.15, 0.2) is 0 Å². The fourth-order valence-electron chi connectivity index (χ4n) is 1.93. The van der Waals surface area contributed by atoms with Crippen molar-refractivity contribution in [1.82, 2.24) is 15.1 Å². The van der Waals surface area contributed by atoms with E-state index in [1.54, 1.807) is 4.90 Å². The fourth-order valence-corrected chi connectivity index (χ4v) is 1.93. The van der Waals surface area contributed by atoms with Crippen LogP contribution in [0.15, 0.2) is 0 Å². The number of amides is 1. The van der Waals surface area contributed by atoms with Crippen molar-refractivity contribution in [2.75, 3.05) is 19.7 Å². The Morgan fingerprint density at radius 1 is 1.39 bits per heavy atom. The molecule has 0 aliphatic heterocycles. The van der Waals surface area contributed by atoms with Crippen molar-refractivity contribution in [2.45, 2.75) is 40.0 Å². The molecule has 18 heavy (non-hydrogen) atoms. The first kappa shape index (κ1) is 14.7. The monoisotopic (exact) mass is 253 g/mol. The first-order valence-electron chi connectivity index (χ1n) is 6.49. The number of hydrogen-bond acceptors (Lipinski definition) is 3. The third-order valence-electron chi connectivity index (χ3n) is 3.11. The Morgan fingerprint density at radius 3 is 2.61 bits per heavy atom. The Morgan fingerprint density at radius 2 is 2.11 bits per heavy atom. The molecule has 5 nitrogen and oxygen atoms in total. The van der Waals surface area contributed by atoms with Crippen molar-refractivity contribution in [1.29, 1.82) is 0 Å². The van der Waals surface area contributed by atoms with E-state index in [4.69, 9.17) is 5.11 Å². The first-order valence-corrected chi connectivity index (χ1v) is 6.49. The molecule has 1 rings (SSSR count). The summed E-state index contributed by atoms with van der Waals surface area (Å²) < 4.78 is 0. The normalized spacial score (nSPS) is 10.7. The van der Waals surface area contributed by atoms with Gasteiger partial charge in [-0.15, -0.1) is 0 Å². The molecule has 5 heteroatoms. The SMILES string of the molecule is CCCCN(CCO)C(=O)Cc1c(C)n[nH]c1C. The maximum absolute atomic E-state index is 12.2. The summed E-state index contributed by atoms with van der Waals surface area (Å²) in [6, 6.07) is 0. The number of nitrogens with one attached hydrogen (secondary N) is 1. The highest BCUT2D eigenvalue weighted by Gasteiger charge is 2.16. The number of aliphatic hydroxyl groups excluding tert-OH is 1. The van der Waals surface area contributed by atoms with E-state index in [2.05, 4.69) is 17.1 Å². The number of nitrogens with zero attached hydrogens (tertiary/aromatic N) is 2. The molecule has 0 saturated carbocycles. The quantitative estimate of drug-likeness (QED) is 0.767. The number of carbonyl (C=O) groups is 1. The summed E-state index contributed by atoms with van der Waals surface area (Å²) >= 11 is 0. The predicted octanol–water partition coefficient (Wildman–Crippen LogP) is 1.19. The van der Waals surface area contributed by atoms with Gasteiger partial charge in [-0.2, -0.15) is 5.10 Å². The molecule has 1 heterocycles. The largest absolute Gasteiger partial charge is 0.395 e. The van der Waals surface area contributed by atoms with Crippen LogP contribution in [0.1, 0.15) is 36.7 Å². The van der Waals surface area contributed by atoms with Crippen LogP contribution in [0.5, 0.6) is 0 Å². The van der Waals surface area contributed by atoms with Crippen LogP contribution in [-0.4, -0.2) is 45.8 Å². The number of aromatic amines is 1. The van der Waals surface area contributed by atoms with Crippen molar-refractivity contribution in [3.63, 3.8) is 0 Å². The molecule has 0 aliphatic rings. The van der Waals surface area contributed by atoms with Crippen LogP contribution in [0.3, 0.4) is 0 Å². The zero-order chi connectivity index (χ0) is 13.5.